The van der Waals surface area contributed by atoms with E-state index in [1.807, 2.05) is 0 Å². The molecule has 1 amide bonds. The molecule has 1 aromatic rings. The Bertz CT molecular complexity index is 358. The number of amides is 1. The Morgan fingerprint density at radius 1 is 1.31 bits per heavy atom. The third-order valence-corrected chi connectivity index (χ3v) is 1.77. The van der Waals surface area contributed by atoms with E-state index in [4.69, 9.17) is 0 Å². The van der Waals surface area contributed by atoms with Crippen LogP contribution < -0.4 is 5.01 Å². The second kappa shape index (κ2) is 2.97. The summed E-state index contributed by atoms with van der Waals surface area (Å²) in [5, 5.41) is 5.12. The summed E-state index contributed by atoms with van der Waals surface area (Å²) in [4.78, 5) is 11.2. The van der Waals surface area contributed by atoms with E-state index >= 15 is 0 Å². The van der Waals surface area contributed by atoms with Crippen LogP contribution in [-0.4, -0.2) is 12.1 Å². The normalized spacial score (nSPS) is 15.5. The van der Waals surface area contributed by atoms with Crippen LogP contribution in [0.15, 0.2) is 29.4 Å². The van der Waals surface area contributed by atoms with Gasteiger partial charge in [-0.1, -0.05) is 0 Å². The van der Waals surface area contributed by atoms with Gasteiger partial charge in [0.2, 0.25) is 0 Å². The molecule has 1 aliphatic heterocycles. The number of hydrogen-bond acceptors (Lipinski definition) is 2. The molecule has 0 unspecified atom stereocenters. The summed E-state index contributed by atoms with van der Waals surface area (Å²) < 4.78 is 12.5. The minimum atomic E-state index is -0.320. The molecule has 0 spiro atoms. The predicted octanol–water partition coefficient (Wildman–Crippen LogP) is 1.55. The number of rotatable bonds is 1. The van der Waals surface area contributed by atoms with Crippen LogP contribution in [0.2, 0.25) is 0 Å². The van der Waals surface area contributed by atoms with Crippen LogP contribution in [0.1, 0.15) is 6.42 Å². The molecular formula is C9H7FN2O. The van der Waals surface area contributed by atoms with Crippen LogP contribution in [0.4, 0.5) is 10.1 Å². The number of benzene rings is 1. The zero-order chi connectivity index (χ0) is 9.26. The van der Waals surface area contributed by atoms with Gasteiger partial charge in [-0.15, -0.1) is 0 Å². The number of carbonyl (C=O) groups excluding carboxylic acids is 1. The topological polar surface area (TPSA) is 32.7 Å². The van der Waals surface area contributed by atoms with Gasteiger partial charge in [-0.2, -0.15) is 5.10 Å². The highest BCUT2D eigenvalue weighted by Crippen LogP contribution is 2.18. The lowest BCUT2D eigenvalue weighted by molar-refractivity contribution is -0.116. The summed E-state index contributed by atoms with van der Waals surface area (Å²) in [7, 11) is 0. The molecule has 0 bridgehead atoms. The minimum Gasteiger partial charge on any atom is -0.272 e. The second-order valence-electron chi connectivity index (χ2n) is 2.68. The van der Waals surface area contributed by atoms with Crippen molar-refractivity contribution in [2.45, 2.75) is 6.42 Å². The Hall–Kier alpha value is -1.71. The molecule has 0 saturated carbocycles. The average Bonchev–Trinajstić information content (AvgIpc) is 2.53. The molecule has 2 rings (SSSR count). The number of halogens is 1. The van der Waals surface area contributed by atoms with Crippen molar-refractivity contribution >= 4 is 17.8 Å². The summed E-state index contributed by atoms with van der Waals surface area (Å²) in [6.07, 6.45) is 1.85. The summed E-state index contributed by atoms with van der Waals surface area (Å²) >= 11 is 0. The zero-order valence-electron chi connectivity index (χ0n) is 6.77. The third-order valence-electron chi connectivity index (χ3n) is 1.77. The van der Waals surface area contributed by atoms with Crippen LogP contribution in [0, 0.1) is 5.82 Å². The van der Waals surface area contributed by atoms with Crippen molar-refractivity contribution < 1.29 is 9.18 Å². The Labute approximate surface area is 74.5 Å². The Morgan fingerprint density at radius 2 is 2.00 bits per heavy atom. The molecule has 4 heteroatoms. The van der Waals surface area contributed by atoms with Gasteiger partial charge in [0.05, 0.1) is 12.1 Å². The molecule has 1 heterocycles. The maximum atomic E-state index is 12.5. The van der Waals surface area contributed by atoms with E-state index in [2.05, 4.69) is 5.10 Å². The smallest absolute Gasteiger partial charge is 0.252 e. The van der Waals surface area contributed by atoms with Crippen molar-refractivity contribution in [2.24, 2.45) is 5.10 Å². The molecule has 0 aromatic heterocycles. The van der Waals surface area contributed by atoms with Gasteiger partial charge >= 0.3 is 0 Å². The van der Waals surface area contributed by atoms with Crippen molar-refractivity contribution in [3.63, 3.8) is 0 Å². The van der Waals surface area contributed by atoms with E-state index in [0.29, 0.717) is 12.1 Å². The zero-order valence-corrected chi connectivity index (χ0v) is 6.77. The first kappa shape index (κ1) is 7.91. The Morgan fingerprint density at radius 3 is 2.54 bits per heavy atom. The minimum absolute atomic E-state index is 0.0911. The highest BCUT2D eigenvalue weighted by molar-refractivity contribution is 6.05. The lowest BCUT2D eigenvalue weighted by atomic mass is 10.3. The molecule has 0 N–H and O–H groups in total. The fourth-order valence-corrected chi connectivity index (χ4v) is 1.14. The third kappa shape index (κ3) is 1.42. The maximum Gasteiger partial charge on any atom is 0.252 e. The van der Waals surface area contributed by atoms with Gasteiger partial charge in [0, 0.05) is 6.21 Å². The number of nitrogens with zero attached hydrogens (tertiary/aromatic N) is 2. The van der Waals surface area contributed by atoms with Gasteiger partial charge in [0.25, 0.3) is 5.91 Å². The second-order valence-corrected chi connectivity index (χ2v) is 2.68. The van der Waals surface area contributed by atoms with Crippen molar-refractivity contribution in [3.05, 3.63) is 30.1 Å². The number of hydrazone groups is 1. The van der Waals surface area contributed by atoms with E-state index < -0.39 is 0 Å². The summed E-state index contributed by atoms with van der Waals surface area (Å²) in [5.41, 5.74) is 0.597. The standard InChI is InChI=1S/C9H7FN2O/c10-7-1-3-8(4-2-7)12-9(13)5-6-11-12/h1-4,6H,5H2. The van der Waals surface area contributed by atoms with Gasteiger partial charge in [-0.25, -0.2) is 9.40 Å². The number of anilines is 1. The Kier molecular flexibility index (Phi) is 1.81. The summed E-state index contributed by atoms with van der Waals surface area (Å²) in [6, 6.07) is 5.65. The first-order chi connectivity index (χ1) is 6.27. The molecular weight excluding hydrogens is 171 g/mol. The summed E-state index contributed by atoms with van der Waals surface area (Å²) in [5.74, 6) is -0.411. The summed E-state index contributed by atoms with van der Waals surface area (Å²) in [6.45, 7) is 0. The fourth-order valence-electron chi connectivity index (χ4n) is 1.14. The lowest BCUT2D eigenvalue weighted by Crippen LogP contribution is -2.19. The highest BCUT2D eigenvalue weighted by atomic mass is 19.1. The highest BCUT2D eigenvalue weighted by Gasteiger charge is 2.17. The molecule has 66 valence electrons. The lowest BCUT2D eigenvalue weighted by Gasteiger charge is -2.10. The molecule has 0 saturated heterocycles. The number of hydrogen-bond donors (Lipinski definition) is 0. The molecule has 13 heavy (non-hydrogen) atoms. The van der Waals surface area contributed by atoms with Crippen LogP contribution in [0.3, 0.4) is 0 Å². The average molecular weight is 178 g/mol. The first-order valence-corrected chi connectivity index (χ1v) is 3.88. The van der Waals surface area contributed by atoms with Crippen molar-refractivity contribution in [3.8, 4) is 0 Å². The first-order valence-electron chi connectivity index (χ1n) is 3.88. The monoisotopic (exact) mass is 178 g/mol. The molecule has 0 fully saturated rings. The van der Waals surface area contributed by atoms with Gasteiger partial charge in [0.15, 0.2) is 0 Å². The molecule has 0 radical (unpaired) electrons. The molecule has 0 aliphatic carbocycles. The van der Waals surface area contributed by atoms with Crippen molar-refractivity contribution in [1.82, 2.24) is 0 Å². The van der Waals surface area contributed by atoms with Gasteiger partial charge < -0.3 is 0 Å². The van der Waals surface area contributed by atoms with Crippen molar-refractivity contribution in [1.29, 1.82) is 0 Å². The Balaban J connectivity index is 2.30. The largest absolute Gasteiger partial charge is 0.272 e. The quantitative estimate of drug-likeness (QED) is 0.642. The number of carbonyl (C=O) groups is 1. The van der Waals surface area contributed by atoms with E-state index in [0.717, 1.165) is 0 Å². The maximum absolute atomic E-state index is 12.5. The van der Waals surface area contributed by atoms with E-state index in [1.165, 1.54) is 35.5 Å². The van der Waals surface area contributed by atoms with Gasteiger partial charge in [0.1, 0.15) is 5.82 Å². The van der Waals surface area contributed by atoms with Crippen LogP contribution in [-0.2, 0) is 4.79 Å². The predicted molar refractivity (Wildman–Crippen MR) is 47.0 cm³/mol. The fraction of sp³-hybridized carbons (Fsp3) is 0.111. The molecule has 1 aromatic carbocycles. The van der Waals surface area contributed by atoms with E-state index in [-0.39, 0.29) is 11.7 Å². The van der Waals surface area contributed by atoms with Crippen LogP contribution in [0.5, 0.6) is 0 Å². The van der Waals surface area contributed by atoms with E-state index in [1.54, 1.807) is 0 Å². The SMILES string of the molecule is O=C1CC=NN1c1ccc(F)cc1. The van der Waals surface area contributed by atoms with Gasteiger partial charge in [-0.05, 0) is 24.3 Å². The van der Waals surface area contributed by atoms with Gasteiger partial charge in [-0.3, -0.25) is 4.79 Å². The molecule has 3 nitrogen and oxygen atoms in total. The van der Waals surface area contributed by atoms with Crippen molar-refractivity contribution in [2.75, 3.05) is 5.01 Å². The van der Waals surface area contributed by atoms with E-state index in [9.17, 15) is 9.18 Å². The molecule has 1 aliphatic rings. The molecule has 0 atom stereocenters. The van der Waals surface area contributed by atoms with Crippen LogP contribution in [0.25, 0.3) is 0 Å². The van der Waals surface area contributed by atoms with Crippen LogP contribution >= 0.6 is 0 Å².